The fourth-order valence-corrected chi connectivity index (χ4v) is 3.03. The Balaban J connectivity index is 1.60. The maximum Gasteiger partial charge on any atom is 0.262 e. The molecule has 0 aliphatic rings. The third-order valence-corrected chi connectivity index (χ3v) is 4.25. The van der Waals surface area contributed by atoms with Crippen LogP contribution >= 0.6 is 0 Å². The average molecular weight is 388 g/mol. The fourth-order valence-electron chi connectivity index (χ4n) is 3.03. The lowest BCUT2D eigenvalue weighted by molar-refractivity contribution is -0.118. The fraction of sp³-hybridized carbons (Fsp3) is 0.167. The summed E-state index contributed by atoms with van der Waals surface area (Å²) in [4.78, 5) is 24.7. The first kappa shape index (κ1) is 20.1. The summed E-state index contributed by atoms with van der Waals surface area (Å²) in [6.07, 6.45) is 0. The number of nitrogens with one attached hydrogen (secondary N) is 2. The molecule has 0 aliphatic carbocycles. The van der Waals surface area contributed by atoms with Crippen molar-refractivity contribution in [1.29, 1.82) is 0 Å². The SMILES string of the molecule is Cc1cccc(NC(=O)c2cccc(NC(=O)COc3cc(C)cc(C)c3)c2)c1. The van der Waals surface area contributed by atoms with Crippen molar-refractivity contribution in [3.8, 4) is 5.75 Å². The van der Waals surface area contributed by atoms with Gasteiger partial charge in [-0.15, -0.1) is 0 Å². The van der Waals surface area contributed by atoms with Gasteiger partial charge in [0.1, 0.15) is 5.75 Å². The summed E-state index contributed by atoms with van der Waals surface area (Å²) in [5.74, 6) is 0.127. The van der Waals surface area contributed by atoms with Gasteiger partial charge in [-0.05, 0) is 79.9 Å². The van der Waals surface area contributed by atoms with Crippen molar-refractivity contribution in [2.24, 2.45) is 0 Å². The average Bonchev–Trinajstić information content (AvgIpc) is 2.66. The number of anilines is 2. The van der Waals surface area contributed by atoms with E-state index in [9.17, 15) is 9.59 Å². The zero-order chi connectivity index (χ0) is 20.8. The Bertz CT molecular complexity index is 1020. The molecule has 2 N–H and O–H groups in total. The molecule has 0 radical (unpaired) electrons. The molecule has 0 bridgehead atoms. The zero-order valence-electron chi connectivity index (χ0n) is 16.8. The van der Waals surface area contributed by atoms with Gasteiger partial charge in [-0.3, -0.25) is 9.59 Å². The highest BCUT2D eigenvalue weighted by atomic mass is 16.5. The second kappa shape index (κ2) is 9.06. The highest BCUT2D eigenvalue weighted by Crippen LogP contribution is 2.17. The van der Waals surface area contributed by atoms with Crippen LogP contribution in [0.3, 0.4) is 0 Å². The lowest BCUT2D eigenvalue weighted by atomic mass is 10.1. The van der Waals surface area contributed by atoms with Gasteiger partial charge in [0.25, 0.3) is 11.8 Å². The number of aryl methyl sites for hydroxylation is 3. The van der Waals surface area contributed by atoms with E-state index in [0.29, 0.717) is 17.0 Å². The molecular weight excluding hydrogens is 364 g/mol. The quantitative estimate of drug-likeness (QED) is 0.632. The van der Waals surface area contributed by atoms with Crippen LogP contribution in [0.2, 0.25) is 0 Å². The van der Waals surface area contributed by atoms with Crippen molar-refractivity contribution in [3.05, 3.63) is 89.0 Å². The van der Waals surface area contributed by atoms with Crippen molar-refractivity contribution in [3.63, 3.8) is 0 Å². The zero-order valence-corrected chi connectivity index (χ0v) is 16.8. The highest BCUT2D eigenvalue weighted by Gasteiger charge is 2.09. The third kappa shape index (κ3) is 5.94. The summed E-state index contributed by atoms with van der Waals surface area (Å²) < 4.78 is 5.58. The third-order valence-electron chi connectivity index (χ3n) is 4.25. The molecule has 3 aromatic carbocycles. The molecule has 0 atom stereocenters. The van der Waals surface area contributed by atoms with Crippen molar-refractivity contribution in [2.75, 3.05) is 17.2 Å². The van der Waals surface area contributed by atoms with E-state index >= 15 is 0 Å². The lowest BCUT2D eigenvalue weighted by Crippen LogP contribution is -2.20. The van der Waals surface area contributed by atoms with E-state index in [0.717, 1.165) is 22.4 Å². The van der Waals surface area contributed by atoms with Gasteiger partial charge in [-0.2, -0.15) is 0 Å². The molecule has 3 rings (SSSR count). The number of amides is 2. The highest BCUT2D eigenvalue weighted by molar-refractivity contribution is 6.05. The predicted octanol–water partition coefficient (Wildman–Crippen LogP) is 4.88. The molecule has 0 saturated carbocycles. The first-order valence-electron chi connectivity index (χ1n) is 9.38. The summed E-state index contributed by atoms with van der Waals surface area (Å²) in [7, 11) is 0. The molecule has 5 heteroatoms. The van der Waals surface area contributed by atoms with Gasteiger partial charge in [-0.25, -0.2) is 0 Å². The van der Waals surface area contributed by atoms with Crippen LogP contribution in [0.15, 0.2) is 66.7 Å². The molecule has 0 unspecified atom stereocenters. The van der Waals surface area contributed by atoms with E-state index < -0.39 is 0 Å². The van der Waals surface area contributed by atoms with Gasteiger partial charge < -0.3 is 15.4 Å². The van der Waals surface area contributed by atoms with Gasteiger partial charge in [0.2, 0.25) is 0 Å². The van der Waals surface area contributed by atoms with Crippen LogP contribution in [0.25, 0.3) is 0 Å². The Morgan fingerprint density at radius 1 is 0.759 bits per heavy atom. The van der Waals surface area contributed by atoms with Gasteiger partial charge in [0.05, 0.1) is 0 Å². The number of benzene rings is 3. The van der Waals surface area contributed by atoms with E-state index in [4.69, 9.17) is 4.74 Å². The summed E-state index contributed by atoms with van der Waals surface area (Å²) in [5, 5.41) is 5.63. The number of carbonyl (C=O) groups excluding carboxylic acids is 2. The van der Waals surface area contributed by atoms with Gasteiger partial charge in [-0.1, -0.05) is 24.3 Å². The Morgan fingerprint density at radius 2 is 1.41 bits per heavy atom. The Labute approximate surface area is 170 Å². The Hall–Kier alpha value is -3.60. The van der Waals surface area contributed by atoms with Crippen molar-refractivity contribution < 1.29 is 14.3 Å². The van der Waals surface area contributed by atoms with Crippen molar-refractivity contribution in [1.82, 2.24) is 0 Å². The molecule has 0 spiro atoms. The first-order valence-corrected chi connectivity index (χ1v) is 9.38. The van der Waals surface area contributed by atoms with Crippen LogP contribution in [-0.4, -0.2) is 18.4 Å². The van der Waals surface area contributed by atoms with Gasteiger partial charge in [0, 0.05) is 16.9 Å². The van der Waals surface area contributed by atoms with E-state index in [1.807, 2.05) is 63.2 Å². The molecule has 3 aromatic rings. The number of rotatable bonds is 6. The molecule has 148 valence electrons. The van der Waals surface area contributed by atoms with Crippen LogP contribution in [0.1, 0.15) is 27.0 Å². The molecule has 0 aromatic heterocycles. The van der Waals surface area contributed by atoms with Crippen molar-refractivity contribution in [2.45, 2.75) is 20.8 Å². The first-order chi connectivity index (χ1) is 13.9. The van der Waals surface area contributed by atoms with Crippen molar-refractivity contribution >= 4 is 23.2 Å². The molecule has 29 heavy (non-hydrogen) atoms. The van der Waals surface area contributed by atoms with E-state index in [1.54, 1.807) is 24.3 Å². The number of hydrogen-bond acceptors (Lipinski definition) is 3. The monoisotopic (exact) mass is 388 g/mol. The minimum absolute atomic E-state index is 0.109. The van der Waals surface area contributed by atoms with E-state index in [2.05, 4.69) is 10.6 Å². The predicted molar refractivity (Wildman–Crippen MR) is 116 cm³/mol. The van der Waals surface area contributed by atoms with Crippen LogP contribution in [0.5, 0.6) is 5.75 Å². The standard InChI is InChI=1S/C24H24N2O3/c1-16-6-4-8-20(11-16)26-24(28)19-7-5-9-21(14-19)25-23(27)15-29-22-12-17(2)10-18(3)13-22/h4-14H,15H2,1-3H3,(H,25,27)(H,26,28). The summed E-state index contributed by atoms with van der Waals surface area (Å²) >= 11 is 0. The molecule has 0 fully saturated rings. The van der Waals surface area contributed by atoms with E-state index in [-0.39, 0.29) is 18.4 Å². The van der Waals surface area contributed by atoms with Gasteiger partial charge >= 0.3 is 0 Å². The lowest BCUT2D eigenvalue weighted by Gasteiger charge is -2.10. The minimum atomic E-state index is -0.291. The molecule has 5 nitrogen and oxygen atoms in total. The second-order valence-corrected chi connectivity index (χ2v) is 7.06. The molecule has 0 heterocycles. The van der Waals surface area contributed by atoms with Gasteiger partial charge in [0.15, 0.2) is 6.61 Å². The van der Waals surface area contributed by atoms with Crippen LogP contribution in [0, 0.1) is 20.8 Å². The number of carbonyl (C=O) groups is 2. The molecule has 0 saturated heterocycles. The maximum absolute atomic E-state index is 12.5. The normalized spacial score (nSPS) is 10.3. The molecular formula is C24H24N2O3. The molecule has 0 aliphatic heterocycles. The summed E-state index contributed by atoms with van der Waals surface area (Å²) in [6.45, 7) is 5.81. The largest absolute Gasteiger partial charge is 0.484 e. The van der Waals surface area contributed by atoms with Crippen LogP contribution in [0.4, 0.5) is 11.4 Å². The Morgan fingerprint density at radius 3 is 2.10 bits per heavy atom. The molecule has 2 amide bonds. The minimum Gasteiger partial charge on any atom is -0.484 e. The number of ether oxygens (including phenoxy) is 1. The van der Waals surface area contributed by atoms with Crippen LogP contribution < -0.4 is 15.4 Å². The number of hydrogen-bond donors (Lipinski definition) is 2. The second-order valence-electron chi connectivity index (χ2n) is 7.06. The van der Waals surface area contributed by atoms with E-state index in [1.165, 1.54) is 0 Å². The summed E-state index contributed by atoms with van der Waals surface area (Å²) in [5.41, 5.74) is 4.94. The maximum atomic E-state index is 12.5. The topological polar surface area (TPSA) is 67.4 Å². The Kier molecular flexibility index (Phi) is 6.29. The smallest absolute Gasteiger partial charge is 0.262 e. The van der Waals surface area contributed by atoms with Crippen LogP contribution in [-0.2, 0) is 4.79 Å². The summed E-state index contributed by atoms with van der Waals surface area (Å²) in [6, 6.07) is 20.2.